The number of pyridine rings is 1. The third-order valence-corrected chi connectivity index (χ3v) is 3.92. The van der Waals surface area contributed by atoms with Gasteiger partial charge in [-0.05, 0) is 49.4 Å². The summed E-state index contributed by atoms with van der Waals surface area (Å²) in [4.78, 5) is 5.71. The largest absolute Gasteiger partial charge is 0.305 e. The van der Waals surface area contributed by atoms with Crippen molar-refractivity contribution in [3.8, 4) is 0 Å². The molecule has 1 aromatic carbocycles. The van der Waals surface area contributed by atoms with Crippen LogP contribution >= 0.6 is 11.8 Å². The Morgan fingerprint density at radius 2 is 1.89 bits per heavy atom. The van der Waals surface area contributed by atoms with Crippen LogP contribution in [0.2, 0.25) is 0 Å². The number of aryl methyl sites for hydroxylation is 1. The number of hydrogen-bond donors (Lipinski definition) is 1. The average molecular weight is 272 g/mol. The first-order chi connectivity index (χ1) is 9.19. The zero-order chi connectivity index (χ0) is 13.7. The first kappa shape index (κ1) is 14.1. The molecule has 19 heavy (non-hydrogen) atoms. The molecule has 100 valence electrons. The normalized spacial score (nSPS) is 12.4. The van der Waals surface area contributed by atoms with Gasteiger partial charge < -0.3 is 5.32 Å². The Bertz CT molecular complexity index is 505. The highest BCUT2D eigenvalue weighted by Crippen LogP contribution is 2.19. The van der Waals surface area contributed by atoms with Crippen molar-refractivity contribution in [2.24, 2.45) is 0 Å². The summed E-state index contributed by atoms with van der Waals surface area (Å²) >= 11 is 1.77. The summed E-state index contributed by atoms with van der Waals surface area (Å²) in [5, 5.41) is 3.50. The number of aromatic nitrogens is 1. The summed E-state index contributed by atoms with van der Waals surface area (Å²) < 4.78 is 0. The molecule has 0 aliphatic heterocycles. The number of nitrogens with zero attached hydrogens (tertiary/aromatic N) is 1. The lowest BCUT2D eigenvalue weighted by atomic mass is 10.1. The van der Waals surface area contributed by atoms with Crippen molar-refractivity contribution in [2.45, 2.75) is 31.3 Å². The fraction of sp³-hybridized carbons (Fsp3) is 0.312. The molecule has 0 amide bonds. The van der Waals surface area contributed by atoms with Crippen LogP contribution < -0.4 is 5.32 Å². The van der Waals surface area contributed by atoms with Crippen LogP contribution in [0.3, 0.4) is 0 Å². The van der Waals surface area contributed by atoms with Gasteiger partial charge in [-0.25, -0.2) is 0 Å². The average Bonchev–Trinajstić information content (AvgIpc) is 2.46. The van der Waals surface area contributed by atoms with E-state index in [1.54, 1.807) is 11.8 Å². The van der Waals surface area contributed by atoms with Crippen LogP contribution in [0.15, 0.2) is 47.5 Å². The van der Waals surface area contributed by atoms with Crippen molar-refractivity contribution in [3.05, 3.63) is 59.4 Å². The molecule has 2 rings (SSSR count). The van der Waals surface area contributed by atoms with Gasteiger partial charge in [-0.2, -0.15) is 0 Å². The summed E-state index contributed by atoms with van der Waals surface area (Å²) in [6.45, 7) is 5.04. The van der Waals surface area contributed by atoms with E-state index in [2.05, 4.69) is 66.8 Å². The number of thioether (sulfide) groups is 1. The summed E-state index contributed by atoms with van der Waals surface area (Å²) in [7, 11) is 0. The SMILES string of the molecule is CSc1ccc(C(C)NCc2ccc(C)cn2)cc1. The lowest BCUT2D eigenvalue weighted by molar-refractivity contribution is 0.567. The zero-order valence-corrected chi connectivity index (χ0v) is 12.5. The van der Waals surface area contributed by atoms with E-state index in [-0.39, 0.29) is 0 Å². The molecule has 1 N–H and O–H groups in total. The molecule has 0 saturated carbocycles. The van der Waals surface area contributed by atoms with E-state index in [0.717, 1.165) is 12.2 Å². The molecule has 1 aromatic heterocycles. The molecule has 0 radical (unpaired) electrons. The Balaban J connectivity index is 1.93. The highest BCUT2D eigenvalue weighted by Gasteiger charge is 2.05. The lowest BCUT2D eigenvalue weighted by Gasteiger charge is -2.14. The molecule has 0 fully saturated rings. The van der Waals surface area contributed by atoms with Crippen LogP contribution in [-0.4, -0.2) is 11.2 Å². The van der Waals surface area contributed by atoms with Gasteiger partial charge >= 0.3 is 0 Å². The van der Waals surface area contributed by atoms with Crippen LogP contribution in [0, 0.1) is 6.92 Å². The van der Waals surface area contributed by atoms with E-state index in [0.29, 0.717) is 6.04 Å². The van der Waals surface area contributed by atoms with E-state index < -0.39 is 0 Å². The van der Waals surface area contributed by atoms with Crippen molar-refractivity contribution in [2.75, 3.05) is 6.26 Å². The fourth-order valence-corrected chi connectivity index (χ4v) is 2.28. The van der Waals surface area contributed by atoms with Crippen LogP contribution in [0.25, 0.3) is 0 Å². The Morgan fingerprint density at radius 3 is 2.47 bits per heavy atom. The van der Waals surface area contributed by atoms with Gasteiger partial charge in [0.1, 0.15) is 0 Å². The Hall–Kier alpha value is -1.32. The van der Waals surface area contributed by atoms with Crippen molar-refractivity contribution >= 4 is 11.8 Å². The molecule has 3 heteroatoms. The summed E-state index contributed by atoms with van der Waals surface area (Å²) in [6.07, 6.45) is 4.01. The minimum atomic E-state index is 0.332. The number of benzene rings is 1. The Morgan fingerprint density at radius 1 is 1.16 bits per heavy atom. The third-order valence-electron chi connectivity index (χ3n) is 3.18. The van der Waals surface area contributed by atoms with Crippen LogP contribution in [-0.2, 0) is 6.54 Å². The number of nitrogens with one attached hydrogen (secondary N) is 1. The van der Waals surface area contributed by atoms with Crippen molar-refractivity contribution in [1.82, 2.24) is 10.3 Å². The number of rotatable bonds is 5. The van der Waals surface area contributed by atoms with Gasteiger partial charge in [0, 0.05) is 23.7 Å². The van der Waals surface area contributed by atoms with Crippen LogP contribution in [0.5, 0.6) is 0 Å². The maximum absolute atomic E-state index is 4.41. The third kappa shape index (κ3) is 4.08. The molecule has 0 saturated heterocycles. The minimum Gasteiger partial charge on any atom is -0.305 e. The molecule has 2 nitrogen and oxygen atoms in total. The molecule has 1 atom stereocenters. The van der Waals surface area contributed by atoms with Gasteiger partial charge in [0.15, 0.2) is 0 Å². The summed E-state index contributed by atoms with van der Waals surface area (Å²) in [5.41, 5.74) is 3.59. The second-order valence-electron chi connectivity index (χ2n) is 4.70. The molecule has 0 spiro atoms. The predicted octanol–water partition coefficient (Wildman–Crippen LogP) is 3.96. The standard InChI is InChI=1S/C16H20N2S/c1-12-4-7-15(18-10-12)11-17-13(2)14-5-8-16(19-3)9-6-14/h4-10,13,17H,11H2,1-3H3. The van der Waals surface area contributed by atoms with E-state index in [1.165, 1.54) is 16.0 Å². The second-order valence-corrected chi connectivity index (χ2v) is 5.58. The molecule has 0 aliphatic carbocycles. The van der Waals surface area contributed by atoms with Crippen LogP contribution in [0.1, 0.15) is 29.8 Å². The Labute approximate surface area is 119 Å². The van der Waals surface area contributed by atoms with E-state index >= 15 is 0 Å². The quantitative estimate of drug-likeness (QED) is 0.834. The topological polar surface area (TPSA) is 24.9 Å². The van der Waals surface area contributed by atoms with Gasteiger partial charge in [-0.15, -0.1) is 11.8 Å². The van der Waals surface area contributed by atoms with E-state index in [9.17, 15) is 0 Å². The molecular formula is C16H20N2S. The van der Waals surface area contributed by atoms with E-state index in [1.807, 2.05) is 6.20 Å². The summed E-state index contributed by atoms with van der Waals surface area (Å²) in [6, 6.07) is 13.2. The highest BCUT2D eigenvalue weighted by atomic mass is 32.2. The van der Waals surface area contributed by atoms with E-state index in [4.69, 9.17) is 0 Å². The van der Waals surface area contributed by atoms with Gasteiger partial charge in [0.05, 0.1) is 5.69 Å². The monoisotopic (exact) mass is 272 g/mol. The highest BCUT2D eigenvalue weighted by molar-refractivity contribution is 7.98. The van der Waals surface area contributed by atoms with Gasteiger partial charge in [-0.3, -0.25) is 4.98 Å². The van der Waals surface area contributed by atoms with Gasteiger partial charge in [-0.1, -0.05) is 18.2 Å². The zero-order valence-electron chi connectivity index (χ0n) is 11.7. The molecule has 0 bridgehead atoms. The molecule has 1 unspecified atom stereocenters. The lowest BCUT2D eigenvalue weighted by Crippen LogP contribution is -2.18. The minimum absolute atomic E-state index is 0.332. The first-order valence-electron chi connectivity index (χ1n) is 6.48. The van der Waals surface area contributed by atoms with Crippen molar-refractivity contribution in [3.63, 3.8) is 0 Å². The first-order valence-corrected chi connectivity index (χ1v) is 7.70. The Kier molecular flexibility index (Phi) is 5.00. The molecule has 2 aromatic rings. The van der Waals surface area contributed by atoms with Gasteiger partial charge in [0.25, 0.3) is 0 Å². The predicted molar refractivity (Wildman–Crippen MR) is 82.5 cm³/mol. The molecule has 1 heterocycles. The maximum atomic E-state index is 4.41. The van der Waals surface area contributed by atoms with Crippen LogP contribution in [0.4, 0.5) is 0 Å². The smallest absolute Gasteiger partial charge is 0.0542 e. The van der Waals surface area contributed by atoms with Crippen molar-refractivity contribution in [1.29, 1.82) is 0 Å². The number of hydrogen-bond acceptors (Lipinski definition) is 3. The van der Waals surface area contributed by atoms with Gasteiger partial charge in [0.2, 0.25) is 0 Å². The van der Waals surface area contributed by atoms with Crippen molar-refractivity contribution < 1.29 is 0 Å². The molecule has 0 aliphatic rings. The molecular weight excluding hydrogens is 252 g/mol. The maximum Gasteiger partial charge on any atom is 0.0542 e. The summed E-state index contributed by atoms with van der Waals surface area (Å²) in [5.74, 6) is 0. The fourth-order valence-electron chi connectivity index (χ4n) is 1.87. The second kappa shape index (κ2) is 6.73.